The molecule has 0 bridgehead atoms. The number of hydrogen-bond donors (Lipinski definition) is 1. The number of nitrogens with zero attached hydrogens (tertiary/aromatic N) is 3. The highest BCUT2D eigenvalue weighted by atomic mass is 32.2. The van der Waals surface area contributed by atoms with Gasteiger partial charge < -0.3 is 9.73 Å². The lowest BCUT2D eigenvalue weighted by Crippen LogP contribution is -2.23. The lowest BCUT2D eigenvalue weighted by atomic mass is 10.0. The van der Waals surface area contributed by atoms with Gasteiger partial charge in [-0.25, -0.2) is 22.5 Å². The van der Waals surface area contributed by atoms with Crippen LogP contribution in [-0.2, 0) is 16.4 Å². The first-order valence-corrected chi connectivity index (χ1v) is 12.3. The molecule has 1 amide bonds. The summed E-state index contributed by atoms with van der Waals surface area (Å²) < 4.78 is 44.5. The van der Waals surface area contributed by atoms with Gasteiger partial charge in [-0.05, 0) is 55.8 Å². The van der Waals surface area contributed by atoms with Crippen molar-refractivity contribution in [3.8, 4) is 11.3 Å². The number of furan rings is 1. The summed E-state index contributed by atoms with van der Waals surface area (Å²) in [6.45, 7) is 1.97. The fraction of sp³-hybridized carbons (Fsp3) is 0.261. The summed E-state index contributed by atoms with van der Waals surface area (Å²) >= 11 is 0. The molecule has 0 radical (unpaired) electrons. The van der Waals surface area contributed by atoms with Gasteiger partial charge in [0, 0.05) is 5.56 Å². The molecule has 1 aliphatic heterocycles. The summed E-state index contributed by atoms with van der Waals surface area (Å²) in [7, 11) is -3.15. The van der Waals surface area contributed by atoms with Gasteiger partial charge in [0.25, 0.3) is 5.91 Å². The average molecular weight is 469 g/mol. The topological polar surface area (TPSA) is 107 Å². The van der Waals surface area contributed by atoms with Crippen molar-refractivity contribution in [1.82, 2.24) is 20.1 Å². The van der Waals surface area contributed by atoms with Crippen molar-refractivity contribution in [3.63, 3.8) is 0 Å². The number of rotatable bonds is 5. The molecule has 8 nitrogen and oxygen atoms in total. The standard InChI is InChI=1S/C23H21FN4O4S/c1-14-21-19(23(29)25-12-18-3-2-9-32-18)11-20(15-4-6-16(24)7-5-15)26-22(21)28(27-14)17-8-10-33(30,31)13-17/h2-7,9,11,17H,8,10,12-13H2,1H3,(H,25,29)/t17-/m1/s1. The monoisotopic (exact) mass is 468 g/mol. The first-order valence-electron chi connectivity index (χ1n) is 10.5. The molecule has 4 heterocycles. The van der Waals surface area contributed by atoms with E-state index in [1.54, 1.807) is 41.9 Å². The van der Waals surface area contributed by atoms with Crippen LogP contribution in [0, 0.1) is 12.7 Å². The molecule has 5 rings (SSSR count). The highest BCUT2D eigenvalue weighted by Crippen LogP contribution is 2.32. The zero-order chi connectivity index (χ0) is 23.2. The Kier molecular flexibility index (Phi) is 5.24. The number of hydrogen-bond acceptors (Lipinski definition) is 6. The van der Waals surface area contributed by atoms with Gasteiger partial charge in [0.05, 0.1) is 52.7 Å². The zero-order valence-electron chi connectivity index (χ0n) is 17.8. The lowest BCUT2D eigenvalue weighted by molar-refractivity contribution is 0.0949. The quantitative estimate of drug-likeness (QED) is 0.481. The number of benzene rings is 1. The fourth-order valence-corrected chi connectivity index (χ4v) is 5.85. The van der Waals surface area contributed by atoms with E-state index in [0.717, 1.165) is 0 Å². The Hall–Kier alpha value is -3.53. The van der Waals surface area contributed by atoms with Gasteiger partial charge in [-0.2, -0.15) is 5.10 Å². The van der Waals surface area contributed by atoms with Crippen LogP contribution in [0.15, 0.2) is 53.1 Å². The number of aryl methyl sites for hydroxylation is 1. The minimum absolute atomic E-state index is 0.0221. The molecule has 0 spiro atoms. The van der Waals surface area contributed by atoms with E-state index in [0.29, 0.717) is 45.7 Å². The maximum atomic E-state index is 13.5. The third kappa shape index (κ3) is 4.13. The van der Waals surface area contributed by atoms with E-state index < -0.39 is 9.84 Å². The molecule has 3 aromatic heterocycles. The number of aromatic nitrogens is 3. The molecule has 1 aromatic carbocycles. The second-order valence-electron chi connectivity index (χ2n) is 8.11. The van der Waals surface area contributed by atoms with E-state index in [2.05, 4.69) is 10.4 Å². The van der Waals surface area contributed by atoms with Crippen LogP contribution in [0.3, 0.4) is 0 Å². The van der Waals surface area contributed by atoms with E-state index in [9.17, 15) is 17.6 Å². The number of amides is 1. The van der Waals surface area contributed by atoms with E-state index in [1.807, 2.05) is 0 Å². The molecular formula is C23H21FN4O4S. The normalized spacial score (nSPS) is 17.5. The number of fused-ring (bicyclic) bond motifs is 1. The molecule has 4 aromatic rings. The maximum absolute atomic E-state index is 13.5. The Balaban J connectivity index is 1.63. The van der Waals surface area contributed by atoms with E-state index in [1.165, 1.54) is 18.4 Å². The van der Waals surface area contributed by atoms with Gasteiger partial charge in [-0.3, -0.25) is 4.79 Å². The Morgan fingerprint density at radius 3 is 2.73 bits per heavy atom. The van der Waals surface area contributed by atoms with Crippen molar-refractivity contribution >= 4 is 26.8 Å². The predicted octanol–water partition coefficient (Wildman–Crippen LogP) is 3.43. The van der Waals surface area contributed by atoms with Crippen molar-refractivity contribution in [2.45, 2.75) is 25.9 Å². The van der Waals surface area contributed by atoms with Crippen LogP contribution in [0.4, 0.5) is 4.39 Å². The minimum atomic E-state index is -3.15. The molecule has 1 fully saturated rings. The van der Waals surface area contributed by atoms with Gasteiger partial charge in [0.15, 0.2) is 15.5 Å². The first kappa shape index (κ1) is 21.3. The van der Waals surface area contributed by atoms with E-state index in [4.69, 9.17) is 9.40 Å². The van der Waals surface area contributed by atoms with Crippen molar-refractivity contribution < 1.29 is 22.0 Å². The summed E-state index contributed by atoms with van der Waals surface area (Å²) in [6.07, 6.45) is 1.96. The molecule has 1 N–H and O–H groups in total. The second-order valence-corrected chi connectivity index (χ2v) is 10.3. The number of nitrogens with one attached hydrogen (secondary N) is 1. The Morgan fingerprint density at radius 1 is 1.27 bits per heavy atom. The number of halogens is 1. The van der Waals surface area contributed by atoms with Gasteiger partial charge in [0.1, 0.15) is 11.6 Å². The fourth-order valence-electron chi connectivity index (χ4n) is 4.16. The molecule has 0 aliphatic carbocycles. The highest BCUT2D eigenvalue weighted by molar-refractivity contribution is 7.91. The molecule has 1 aliphatic rings. The van der Waals surface area contributed by atoms with Gasteiger partial charge in [0.2, 0.25) is 0 Å². The summed E-state index contributed by atoms with van der Waals surface area (Å²) in [5.41, 5.74) is 2.46. The van der Waals surface area contributed by atoms with Gasteiger partial charge >= 0.3 is 0 Å². The third-order valence-electron chi connectivity index (χ3n) is 5.78. The summed E-state index contributed by atoms with van der Waals surface area (Å²) in [4.78, 5) is 17.9. The molecule has 10 heteroatoms. The van der Waals surface area contributed by atoms with Crippen LogP contribution < -0.4 is 5.32 Å². The Bertz CT molecular complexity index is 1440. The number of carbonyl (C=O) groups is 1. The number of pyridine rings is 1. The SMILES string of the molecule is Cc1nn([C@@H]2CCS(=O)(=O)C2)c2nc(-c3ccc(F)cc3)cc(C(=O)NCc3ccco3)c12. The van der Waals surface area contributed by atoms with Crippen molar-refractivity contribution in [2.75, 3.05) is 11.5 Å². The van der Waals surface area contributed by atoms with Crippen LogP contribution in [-0.4, -0.2) is 40.6 Å². The van der Waals surface area contributed by atoms with Crippen LogP contribution in [0.25, 0.3) is 22.3 Å². The minimum Gasteiger partial charge on any atom is -0.467 e. The average Bonchev–Trinajstić information content (AvgIpc) is 3.51. The summed E-state index contributed by atoms with van der Waals surface area (Å²) in [5.74, 6) is -0.0501. The maximum Gasteiger partial charge on any atom is 0.252 e. The zero-order valence-corrected chi connectivity index (χ0v) is 18.6. The number of carbonyl (C=O) groups excluding carboxylic acids is 1. The van der Waals surface area contributed by atoms with Crippen LogP contribution in [0.1, 0.15) is 34.3 Å². The van der Waals surface area contributed by atoms with Crippen LogP contribution >= 0.6 is 0 Å². The Morgan fingerprint density at radius 2 is 2.06 bits per heavy atom. The first-order chi connectivity index (χ1) is 15.8. The van der Waals surface area contributed by atoms with Crippen LogP contribution in [0.2, 0.25) is 0 Å². The molecule has 1 saturated heterocycles. The largest absolute Gasteiger partial charge is 0.467 e. The Labute approximate surface area is 189 Å². The third-order valence-corrected chi connectivity index (χ3v) is 7.53. The second kappa shape index (κ2) is 8.11. The summed E-state index contributed by atoms with van der Waals surface area (Å²) in [5, 5.41) is 7.98. The van der Waals surface area contributed by atoms with Crippen molar-refractivity contribution in [3.05, 3.63) is 71.6 Å². The van der Waals surface area contributed by atoms with Gasteiger partial charge in [-0.1, -0.05) is 0 Å². The van der Waals surface area contributed by atoms with Crippen molar-refractivity contribution in [2.24, 2.45) is 0 Å². The number of sulfone groups is 1. The molecule has 170 valence electrons. The summed E-state index contributed by atoms with van der Waals surface area (Å²) in [6, 6.07) is 10.6. The van der Waals surface area contributed by atoms with Gasteiger partial charge in [-0.15, -0.1) is 0 Å². The van der Waals surface area contributed by atoms with Crippen LogP contribution in [0.5, 0.6) is 0 Å². The molecule has 1 atom stereocenters. The molecular weight excluding hydrogens is 447 g/mol. The molecule has 0 saturated carbocycles. The van der Waals surface area contributed by atoms with E-state index in [-0.39, 0.29) is 35.8 Å². The smallest absolute Gasteiger partial charge is 0.252 e. The van der Waals surface area contributed by atoms with Crippen molar-refractivity contribution in [1.29, 1.82) is 0 Å². The molecule has 33 heavy (non-hydrogen) atoms. The van der Waals surface area contributed by atoms with E-state index >= 15 is 0 Å². The molecule has 0 unspecified atom stereocenters. The highest BCUT2D eigenvalue weighted by Gasteiger charge is 2.32. The predicted molar refractivity (Wildman–Crippen MR) is 120 cm³/mol. The lowest BCUT2D eigenvalue weighted by Gasteiger charge is -2.12.